The second kappa shape index (κ2) is 13.1. The van der Waals surface area contributed by atoms with Crippen molar-refractivity contribution >= 4 is 35.8 Å². The first-order valence-electron chi connectivity index (χ1n) is 10.4. The lowest BCUT2D eigenvalue weighted by atomic mass is 10.1. The van der Waals surface area contributed by atoms with Gasteiger partial charge in [0.2, 0.25) is 5.91 Å². The number of hydrogen-bond acceptors (Lipinski definition) is 3. The zero-order valence-corrected chi connectivity index (χ0v) is 20.7. The molecule has 1 saturated heterocycles. The van der Waals surface area contributed by atoms with Crippen molar-refractivity contribution in [2.75, 3.05) is 26.7 Å². The third kappa shape index (κ3) is 10.8. The predicted molar refractivity (Wildman–Crippen MR) is 132 cm³/mol. The van der Waals surface area contributed by atoms with Crippen molar-refractivity contribution in [3.05, 3.63) is 35.4 Å². The summed E-state index contributed by atoms with van der Waals surface area (Å²) in [4.78, 5) is 18.7. The molecule has 0 spiro atoms. The number of benzene rings is 1. The Morgan fingerprint density at radius 1 is 1.07 bits per heavy atom. The van der Waals surface area contributed by atoms with Crippen LogP contribution in [0.2, 0.25) is 0 Å². The highest BCUT2D eigenvalue weighted by Gasteiger charge is 2.14. The largest absolute Gasteiger partial charge is 0.352 e. The Bertz CT molecular complexity index is 649. The molecular formula is C22H38IN5O. The van der Waals surface area contributed by atoms with Crippen LogP contribution in [0.4, 0.5) is 0 Å². The van der Waals surface area contributed by atoms with E-state index in [0.717, 1.165) is 6.54 Å². The number of rotatable bonds is 6. The topological polar surface area (TPSA) is 68.8 Å². The molecule has 1 fully saturated rings. The molecular weight excluding hydrogens is 477 g/mol. The van der Waals surface area contributed by atoms with Crippen LogP contribution in [0.15, 0.2) is 29.3 Å². The maximum Gasteiger partial charge on any atom is 0.239 e. The molecule has 29 heavy (non-hydrogen) atoms. The molecule has 2 rings (SSSR count). The van der Waals surface area contributed by atoms with Gasteiger partial charge in [-0.25, -0.2) is 0 Å². The number of likely N-dealkylation sites (tertiary alicyclic amines) is 1. The quantitative estimate of drug-likeness (QED) is 0.309. The summed E-state index contributed by atoms with van der Waals surface area (Å²) < 4.78 is 0. The van der Waals surface area contributed by atoms with E-state index in [9.17, 15) is 4.79 Å². The molecule has 1 amide bonds. The van der Waals surface area contributed by atoms with Gasteiger partial charge in [-0.2, -0.15) is 0 Å². The summed E-state index contributed by atoms with van der Waals surface area (Å²) in [6.45, 7) is 10.2. The summed E-state index contributed by atoms with van der Waals surface area (Å²) in [6.07, 6.45) is 5.35. The third-order valence-electron chi connectivity index (χ3n) is 4.71. The second-order valence-electron chi connectivity index (χ2n) is 8.59. The first-order chi connectivity index (χ1) is 13.4. The van der Waals surface area contributed by atoms with Gasteiger partial charge in [0.05, 0.1) is 6.54 Å². The van der Waals surface area contributed by atoms with Crippen LogP contribution in [0.3, 0.4) is 0 Å². The van der Waals surface area contributed by atoms with Crippen molar-refractivity contribution in [3.63, 3.8) is 0 Å². The highest BCUT2D eigenvalue weighted by atomic mass is 127. The molecule has 7 heteroatoms. The number of hydrogen-bond donors (Lipinski definition) is 3. The van der Waals surface area contributed by atoms with Crippen LogP contribution >= 0.6 is 24.0 Å². The Kier molecular flexibility index (Phi) is 11.6. The van der Waals surface area contributed by atoms with E-state index in [2.05, 4.69) is 50.1 Å². The molecule has 0 aromatic heterocycles. The van der Waals surface area contributed by atoms with Crippen molar-refractivity contribution in [2.24, 2.45) is 4.99 Å². The van der Waals surface area contributed by atoms with Crippen LogP contribution in [-0.2, 0) is 17.9 Å². The number of nitrogens with zero attached hydrogens (tertiary/aromatic N) is 2. The van der Waals surface area contributed by atoms with Crippen molar-refractivity contribution in [1.82, 2.24) is 20.9 Å². The highest BCUT2D eigenvalue weighted by Crippen LogP contribution is 2.14. The van der Waals surface area contributed by atoms with Gasteiger partial charge in [0, 0.05) is 25.7 Å². The minimum Gasteiger partial charge on any atom is -0.352 e. The molecule has 0 saturated carbocycles. The van der Waals surface area contributed by atoms with Gasteiger partial charge in [0.15, 0.2) is 5.96 Å². The van der Waals surface area contributed by atoms with E-state index in [-0.39, 0.29) is 42.0 Å². The van der Waals surface area contributed by atoms with Gasteiger partial charge in [-0.1, -0.05) is 37.1 Å². The molecule has 6 nitrogen and oxygen atoms in total. The Labute approximate surface area is 193 Å². The number of halogens is 1. The molecule has 3 N–H and O–H groups in total. The van der Waals surface area contributed by atoms with Crippen molar-refractivity contribution in [2.45, 2.75) is 65.1 Å². The standard InChI is InChI=1S/C22H37N5O.HI/c1-22(2,3)26-20(28)16-25-21(23-4)24-15-18-10-9-11-19(14-18)17-27-12-7-5-6-8-13-27;/h9-11,14H,5-8,12-13,15-17H2,1-4H3,(H,26,28)(H2,23,24,25);1H. The van der Waals surface area contributed by atoms with Crippen LogP contribution in [0.25, 0.3) is 0 Å². The van der Waals surface area contributed by atoms with Gasteiger partial charge < -0.3 is 16.0 Å². The lowest BCUT2D eigenvalue weighted by Gasteiger charge is -2.21. The molecule has 1 aliphatic rings. The molecule has 0 unspecified atom stereocenters. The molecule has 0 aliphatic carbocycles. The van der Waals surface area contributed by atoms with E-state index in [1.54, 1.807) is 7.05 Å². The maximum atomic E-state index is 12.0. The van der Waals surface area contributed by atoms with E-state index in [4.69, 9.17) is 0 Å². The average Bonchev–Trinajstić information content (AvgIpc) is 2.89. The summed E-state index contributed by atoms with van der Waals surface area (Å²) in [5.74, 6) is 0.580. The van der Waals surface area contributed by atoms with Gasteiger partial charge in [0.1, 0.15) is 0 Å². The van der Waals surface area contributed by atoms with Crippen LogP contribution in [0.1, 0.15) is 57.6 Å². The van der Waals surface area contributed by atoms with E-state index in [1.807, 2.05) is 20.8 Å². The van der Waals surface area contributed by atoms with Gasteiger partial charge >= 0.3 is 0 Å². The number of guanidine groups is 1. The van der Waals surface area contributed by atoms with Crippen LogP contribution < -0.4 is 16.0 Å². The second-order valence-corrected chi connectivity index (χ2v) is 8.59. The highest BCUT2D eigenvalue weighted by molar-refractivity contribution is 14.0. The fourth-order valence-electron chi connectivity index (χ4n) is 3.42. The van der Waals surface area contributed by atoms with Crippen molar-refractivity contribution < 1.29 is 4.79 Å². The van der Waals surface area contributed by atoms with Gasteiger partial charge in [0.25, 0.3) is 0 Å². The fourth-order valence-corrected chi connectivity index (χ4v) is 3.42. The van der Waals surface area contributed by atoms with Crippen molar-refractivity contribution in [1.29, 1.82) is 0 Å². The molecule has 0 bridgehead atoms. The van der Waals surface area contributed by atoms with E-state index < -0.39 is 0 Å². The predicted octanol–water partition coefficient (Wildman–Crippen LogP) is 3.26. The Morgan fingerprint density at radius 3 is 2.34 bits per heavy atom. The van der Waals surface area contributed by atoms with E-state index in [0.29, 0.717) is 12.5 Å². The zero-order valence-electron chi connectivity index (χ0n) is 18.4. The number of amides is 1. The maximum absolute atomic E-state index is 12.0. The molecule has 1 aliphatic heterocycles. The minimum absolute atomic E-state index is 0. The smallest absolute Gasteiger partial charge is 0.239 e. The monoisotopic (exact) mass is 515 g/mol. The van der Waals surface area contributed by atoms with Crippen LogP contribution in [-0.4, -0.2) is 49.0 Å². The minimum atomic E-state index is -0.233. The zero-order chi connectivity index (χ0) is 20.4. The lowest BCUT2D eigenvalue weighted by Crippen LogP contribution is -2.48. The first-order valence-corrected chi connectivity index (χ1v) is 10.4. The molecule has 0 radical (unpaired) electrons. The third-order valence-corrected chi connectivity index (χ3v) is 4.71. The van der Waals surface area contributed by atoms with Crippen LogP contribution in [0.5, 0.6) is 0 Å². The normalized spacial score (nSPS) is 15.8. The summed E-state index contributed by atoms with van der Waals surface area (Å²) in [6, 6.07) is 8.71. The molecule has 1 aromatic rings. The molecule has 0 atom stereocenters. The number of nitrogens with one attached hydrogen (secondary N) is 3. The van der Waals surface area contributed by atoms with Gasteiger partial charge in [-0.05, 0) is 57.8 Å². The Hall–Kier alpha value is -1.35. The van der Waals surface area contributed by atoms with Gasteiger partial charge in [-0.15, -0.1) is 24.0 Å². The van der Waals surface area contributed by atoms with Crippen LogP contribution in [0, 0.1) is 0 Å². The summed E-state index contributed by atoms with van der Waals surface area (Å²) >= 11 is 0. The SMILES string of the molecule is CN=C(NCC(=O)NC(C)(C)C)NCc1cccc(CN2CCCCCC2)c1.I. The molecule has 1 heterocycles. The lowest BCUT2D eigenvalue weighted by molar-refractivity contribution is -0.121. The van der Waals surface area contributed by atoms with E-state index in [1.165, 1.54) is 49.9 Å². The van der Waals surface area contributed by atoms with E-state index >= 15 is 0 Å². The summed E-state index contributed by atoms with van der Waals surface area (Å²) in [7, 11) is 1.72. The number of carbonyl (C=O) groups is 1. The van der Waals surface area contributed by atoms with Gasteiger partial charge in [-0.3, -0.25) is 14.7 Å². The molecule has 1 aromatic carbocycles. The average molecular weight is 515 g/mol. The van der Waals surface area contributed by atoms with Crippen molar-refractivity contribution in [3.8, 4) is 0 Å². The Morgan fingerprint density at radius 2 is 1.72 bits per heavy atom. The summed E-state index contributed by atoms with van der Waals surface area (Å²) in [5, 5.41) is 9.29. The fraction of sp³-hybridized carbons (Fsp3) is 0.636. The number of aliphatic imine (C=N–C) groups is 1. The molecule has 164 valence electrons. The Balaban J connectivity index is 0.00000420. The first kappa shape index (κ1) is 25.7. The summed E-state index contributed by atoms with van der Waals surface area (Å²) in [5.41, 5.74) is 2.34. The number of carbonyl (C=O) groups excluding carboxylic acids is 1.